The molecule has 0 saturated carbocycles. The van der Waals surface area contributed by atoms with Gasteiger partial charge in [0.05, 0.1) is 15.1 Å². The van der Waals surface area contributed by atoms with E-state index in [1.54, 1.807) is 25.1 Å². The van der Waals surface area contributed by atoms with Crippen molar-refractivity contribution in [2.45, 2.75) is 18.7 Å². The third-order valence-corrected chi connectivity index (χ3v) is 8.61. The highest BCUT2D eigenvalue weighted by atomic mass is 32.2. The average molecular weight is 500 g/mol. The van der Waals surface area contributed by atoms with E-state index in [1.165, 1.54) is 26.6 Å². The number of aryl methyl sites for hydroxylation is 2. The van der Waals surface area contributed by atoms with Crippen molar-refractivity contribution < 1.29 is 22.7 Å². The molecule has 2 heterocycles. The lowest BCUT2D eigenvalue weighted by atomic mass is 10.2. The van der Waals surface area contributed by atoms with Crippen molar-refractivity contribution >= 4 is 49.5 Å². The van der Waals surface area contributed by atoms with E-state index in [2.05, 4.69) is 4.98 Å². The van der Waals surface area contributed by atoms with Crippen LogP contribution in [0.4, 0.5) is 0 Å². The number of ether oxygens (including phenoxy) is 1. The molecule has 1 saturated heterocycles. The second-order valence-electron chi connectivity index (χ2n) is 8.01. The van der Waals surface area contributed by atoms with Gasteiger partial charge in [0, 0.05) is 32.3 Å². The molecule has 1 aliphatic rings. The molecule has 0 unspecified atom stereocenters. The molecule has 2 aromatic carbocycles. The number of thiazole rings is 1. The molecule has 34 heavy (non-hydrogen) atoms. The largest absolute Gasteiger partial charge is 0.452 e. The summed E-state index contributed by atoms with van der Waals surface area (Å²) in [5, 5.41) is 0.672. The summed E-state index contributed by atoms with van der Waals surface area (Å²) >= 11 is 1.45. The molecule has 0 radical (unpaired) electrons. The van der Waals surface area contributed by atoms with E-state index < -0.39 is 22.6 Å². The van der Waals surface area contributed by atoms with Crippen LogP contribution in [0.15, 0.2) is 53.4 Å². The Morgan fingerprint density at radius 2 is 1.82 bits per heavy atom. The van der Waals surface area contributed by atoms with Gasteiger partial charge in [0.2, 0.25) is 10.0 Å². The highest BCUT2D eigenvalue weighted by Gasteiger charge is 2.31. The first-order chi connectivity index (χ1) is 16.2. The number of aromatic nitrogens is 1. The van der Waals surface area contributed by atoms with Gasteiger partial charge in [0.25, 0.3) is 5.91 Å². The number of carbonyl (C=O) groups excluding carboxylic acids is 2. The number of fused-ring (bicyclic) bond motifs is 1. The predicted octanol–water partition coefficient (Wildman–Crippen LogP) is 3.00. The van der Waals surface area contributed by atoms with Gasteiger partial charge in [-0.25, -0.2) is 18.2 Å². The Balaban J connectivity index is 1.27. The number of benzene rings is 2. The molecule has 3 aromatic rings. The van der Waals surface area contributed by atoms with Crippen LogP contribution >= 0.6 is 11.3 Å². The lowest BCUT2D eigenvalue weighted by Gasteiger charge is -2.34. The fourth-order valence-electron chi connectivity index (χ4n) is 3.78. The number of piperazine rings is 1. The second kappa shape index (κ2) is 10.0. The van der Waals surface area contributed by atoms with Crippen LogP contribution in [0.25, 0.3) is 16.3 Å². The molecule has 8 nitrogen and oxygen atoms in total. The number of hydrogen-bond acceptors (Lipinski definition) is 7. The topological polar surface area (TPSA) is 96.9 Å². The Kier molecular flexibility index (Phi) is 7.11. The Bertz CT molecular complexity index is 1320. The minimum atomic E-state index is -3.63. The number of hydrogen-bond donors (Lipinski definition) is 0. The van der Waals surface area contributed by atoms with Gasteiger partial charge in [-0.3, -0.25) is 4.79 Å². The second-order valence-corrected chi connectivity index (χ2v) is 11.0. The molecule has 0 spiro atoms. The maximum atomic E-state index is 13.0. The van der Waals surface area contributed by atoms with Crippen molar-refractivity contribution in [1.29, 1.82) is 0 Å². The summed E-state index contributed by atoms with van der Waals surface area (Å²) < 4.78 is 33.5. The van der Waals surface area contributed by atoms with Crippen molar-refractivity contribution in [3.05, 3.63) is 64.7 Å². The van der Waals surface area contributed by atoms with E-state index in [1.807, 2.05) is 37.3 Å². The van der Waals surface area contributed by atoms with Crippen molar-refractivity contribution in [2.24, 2.45) is 0 Å². The smallest absolute Gasteiger partial charge is 0.331 e. The van der Waals surface area contributed by atoms with E-state index in [-0.39, 0.29) is 37.0 Å². The highest BCUT2D eigenvalue weighted by Crippen LogP contribution is 2.23. The molecule has 10 heteroatoms. The van der Waals surface area contributed by atoms with Gasteiger partial charge in [-0.1, -0.05) is 29.8 Å². The van der Waals surface area contributed by atoms with Crippen LogP contribution in [-0.2, 0) is 24.3 Å². The van der Waals surface area contributed by atoms with Crippen LogP contribution in [0.1, 0.15) is 16.1 Å². The SMILES string of the molecule is Cc1ccc(S(=O)(=O)N2CCN(C(=O)COC(=O)C=Cc3nc4ccccc4s3)CC2)c(C)c1. The van der Waals surface area contributed by atoms with Gasteiger partial charge in [0.15, 0.2) is 6.61 Å². The third-order valence-electron chi connectivity index (χ3n) is 5.55. The maximum absolute atomic E-state index is 13.0. The summed E-state index contributed by atoms with van der Waals surface area (Å²) in [5.74, 6) is -0.992. The molecule has 1 amide bonds. The minimum Gasteiger partial charge on any atom is -0.452 e. The van der Waals surface area contributed by atoms with Crippen molar-refractivity contribution in [3.8, 4) is 0 Å². The summed E-state index contributed by atoms with van der Waals surface area (Å²) in [6.07, 6.45) is 2.81. The Morgan fingerprint density at radius 3 is 2.53 bits per heavy atom. The number of carbonyl (C=O) groups is 2. The number of para-hydroxylation sites is 1. The number of nitrogens with zero attached hydrogens (tertiary/aromatic N) is 3. The number of sulfonamides is 1. The van der Waals surface area contributed by atoms with Gasteiger partial charge in [0.1, 0.15) is 5.01 Å². The van der Waals surface area contributed by atoms with Gasteiger partial charge in [-0.05, 0) is 43.7 Å². The zero-order valence-corrected chi connectivity index (χ0v) is 20.6. The van der Waals surface area contributed by atoms with Gasteiger partial charge >= 0.3 is 5.97 Å². The van der Waals surface area contributed by atoms with Gasteiger partial charge in [-0.2, -0.15) is 4.31 Å². The summed E-state index contributed by atoms with van der Waals surface area (Å²) in [4.78, 5) is 30.7. The Morgan fingerprint density at radius 1 is 1.09 bits per heavy atom. The molecule has 0 N–H and O–H groups in total. The van der Waals surface area contributed by atoms with Crippen molar-refractivity contribution in [3.63, 3.8) is 0 Å². The Hall–Kier alpha value is -3.08. The molecule has 0 atom stereocenters. The summed E-state index contributed by atoms with van der Waals surface area (Å²) in [5.41, 5.74) is 2.55. The Labute approximate surface area is 202 Å². The van der Waals surface area contributed by atoms with Crippen molar-refractivity contribution in [1.82, 2.24) is 14.2 Å². The first-order valence-corrected chi connectivity index (χ1v) is 13.1. The van der Waals surface area contributed by atoms with E-state index in [9.17, 15) is 18.0 Å². The molecular weight excluding hydrogens is 474 g/mol. The molecule has 0 aliphatic carbocycles. The lowest BCUT2D eigenvalue weighted by molar-refractivity contribution is -0.148. The molecule has 1 aromatic heterocycles. The van der Waals surface area contributed by atoms with Gasteiger partial charge in [-0.15, -0.1) is 11.3 Å². The molecule has 4 rings (SSSR count). The molecule has 0 bridgehead atoms. The predicted molar refractivity (Wildman–Crippen MR) is 131 cm³/mol. The highest BCUT2D eigenvalue weighted by molar-refractivity contribution is 7.89. The number of amides is 1. The number of rotatable bonds is 6. The van der Waals surface area contributed by atoms with E-state index >= 15 is 0 Å². The summed E-state index contributed by atoms with van der Waals surface area (Å²) in [6.45, 7) is 4.15. The summed E-state index contributed by atoms with van der Waals surface area (Å²) in [7, 11) is -3.63. The minimum absolute atomic E-state index is 0.187. The van der Waals surface area contributed by atoms with Crippen LogP contribution in [0, 0.1) is 13.8 Å². The number of esters is 1. The van der Waals surface area contributed by atoms with Crippen LogP contribution in [0.2, 0.25) is 0 Å². The van der Waals surface area contributed by atoms with Crippen molar-refractivity contribution in [2.75, 3.05) is 32.8 Å². The monoisotopic (exact) mass is 499 g/mol. The van der Waals surface area contributed by atoms with Gasteiger partial charge < -0.3 is 9.64 Å². The normalized spacial score (nSPS) is 15.2. The first kappa shape index (κ1) is 24.1. The summed E-state index contributed by atoms with van der Waals surface area (Å²) in [6, 6.07) is 12.9. The van der Waals surface area contributed by atoms with Crippen LogP contribution < -0.4 is 0 Å². The fourth-order valence-corrected chi connectivity index (χ4v) is 6.28. The van der Waals surface area contributed by atoms with E-state index in [0.29, 0.717) is 10.6 Å². The standard InChI is InChI=1S/C24H25N3O5S2/c1-17-7-8-21(18(2)15-17)34(30,31)27-13-11-26(12-14-27)23(28)16-32-24(29)10-9-22-25-19-5-3-4-6-20(19)33-22/h3-10,15H,11-14,16H2,1-2H3. The molecule has 1 fully saturated rings. The quantitative estimate of drug-likeness (QED) is 0.382. The zero-order chi connectivity index (χ0) is 24.3. The first-order valence-electron chi connectivity index (χ1n) is 10.8. The third kappa shape index (κ3) is 5.35. The van der Waals surface area contributed by atoms with Crippen LogP contribution in [0.5, 0.6) is 0 Å². The van der Waals surface area contributed by atoms with E-state index in [0.717, 1.165) is 15.8 Å². The fraction of sp³-hybridized carbons (Fsp3) is 0.292. The molecule has 1 aliphatic heterocycles. The maximum Gasteiger partial charge on any atom is 0.331 e. The molecular formula is C24H25N3O5S2. The van der Waals surface area contributed by atoms with Crippen LogP contribution in [-0.4, -0.2) is 67.3 Å². The average Bonchev–Trinajstić information content (AvgIpc) is 3.24. The van der Waals surface area contributed by atoms with E-state index in [4.69, 9.17) is 4.74 Å². The van der Waals surface area contributed by atoms with Crippen LogP contribution in [0.3, 0.4) is 0 Å². The lowest BCUT2D eigenvalue weighted by Crippen LogP contribution is -2.51. The molecule has 178 valence electrons. The zero-order valence-electron chi connectivity index (χ0n) is 18.9.